The lowest BCUT2D eigenvalue weighted by molar-refractivity contribution is 0.625. The van der Waals surface area contributed by atoms with Crippen LogP contribution in [0.15, 0.2) is 145 Å². The van der Waals surface area contributed by atoms with Gasteiger partial charge in [-0.3, -0.25) is 4.98 Å². The zero-order valence-corrected chi connectivity index (χ0v) is 24.0. The third-order valence-corrected chi connectivity index (χ3v) is 8.60. The number of benzene rings is 4. The summed E-state index contributed by atoms with van der Waals surface area (Å²) in [5.41, 5.74) is 10.1. The molecule has 2 nitrogen and oxygen atoms in total. The van der Waals surface area contributed by atoms with Crippen LogP contribution in [-0.4, -0.2) is 26.4 Å². The molecule has 0 saturated carbocycles. The highest BCUT2D eigenvalue weighted by Crippen LogP contribution is 2.32. The van der Waals surface area contributed by atoms with Crippen LogP contribution in [0.3, 0.4) is 0 Å². The van der Waals surface area contributed by atoms with E-state index in [1.807, 2.05) is 6.20 Å². The van der Waals surface area contributed by atoms with Crippen molar-refractivity contribution in [3.05, 3.63) is 168 Å². The van der Waals surface area contributed by atoms with Crippen LogP contribution in [0.4, 0.5) is 0 Å². The zero-order valence-electron chi connectivity index (χ0n) is 22.6. The summed E-state index contributed by atoms with van der Waals surface area (Å²) in [4.78, 5) is 4.76. The van der Waals surface area contributed by atoms with E-state index in [9.17, 15) is 0 Å². The van der Waals surface area contributed by atoms with E-state index in [0.29, 0.717) is 11.8 Å². The molecular formula is C35H35BN2Si. The number of hydrogen-bond donors (Lipinski definition) is 0. The highest BCUT2D eigenvalue weighted by atomic mass is 28.2. The molecule has 5 aromatic rings. The summed E-state index contributed by atoms with van der Waals surface area (Å²) in [6.07, 6.45) is 9.87. The van der Waals surface area contributed by atoms with Crippen molar-refractivity contribution in [1.29, 1.82) is 0 Å². The number of rotatable bonds is 11. The van der Waals surface area contributed by atoms with Gasteiger partial charge >= 0.3 is 0 Å². The Bertz CT molecular complexity index is 1440. The average Bonchev–Trinajstić information content (AvgIpc) is 3.44. The maximum Gasteiger partial charge on any atom is 0.239 e. The van der Waals surface area contributed by atoms with E-state index in [2.05, 4.69) is 157 Å². The molecule has 0 spiro atoms. The van der Waals surface area contributed by atoms with Gasteiger partial charge in [0.2, 0.25) is 7.28 Å². The summed E-state index contributed by atoms with van der Waals surface area (Å²) in [5.74, 6) is 0.779. The quantitative estimate of drug-likeness (QED) is 0.148. The molecule has 0 saturated heterocycles. The number of hydrogen-bond acceptors (Lipinski definition) is 1. The molecule has 0 fully saturated rings. The topological polar surface area (TPSA) is 17.8 Å². The lowest BCUT2D eigenvalue weighted by Gasteiger charge is -2.23. The van der Waals surface area contributed by atoms with E-state index in [1.165, 1.54) is 27.7 Å². The third kappa shape index (κ3) is 7.24. The van der Waals surface area contributed by atoms with E-state index in [4.69, 9.17) is 4.98 Å². The van der Waals surface area contributed by atoms with Crippen molar-refractivity contribution >= 4 is 34.1 Å². The fourth-order valence-corrected chi connectivity index (χ4v) is 6.73. The maximum atomic E-state index is 4.76. The van der Waals surface area contributed by atoms with Gasteiger partial charge in [0.05, 0.1) is 15.2 Å². The third-order valence-electron chi connectivity index (χ3n) is 7.25. The minimum Gasteiger partial charge on any atom is -0.346 e. The van der Waals surface area contributed by atoms with Crippen molar-refractivity contribution in [2.75, 3.05) is 0 Å². The highest BCUT2D eigenvalue weighted by Gasteiger charge is 2.19. The molecule has 4 heteroatoms. The van der Waals surface area contributed by atoms with Gasteiger partial charge < -0.3 is 4.57 Å². The summed E-state index contributed by atoms with van der Waals surface area (Å²) < 4.78 is 2.36. The molecular weight excluding hydrogens is 487 g/mol. The van der Waals surface area contributed by atoms with E-state index in [0.717, 1.165) is 19.2 Å². The van der Waals surface area contributed by atoms with Crippen LogP contribution < -0.4 is 5.72 Å². The second-order valence-corrected chi connectivity index (χ2v) is 11.5. The van der Waals surface area contributed by atoms with Crippen molar-refractivity contribution < 1.29 is 0 Å². The minimum atomic E-state index is -0.444. The van der Waals surface area contributed by atoms with Crippen molar-refractivity contribution in [2.24, 2.45) is 5.92 Å². The Morgan fingerprint density at radius 3 is 1.97 bits per heavy atom. The van der Waals surface area contributed by atoms with Crippen molar-refractivity contribution in [1.82, 2.24) is 9.55 Å². The van der Waals surface area contributed by atoms with Gasteiger partial charge in [0.25, 0.3) is 0 Å². The molecule has 1 aromatic heterocycles. The standard InChI is InChI=1S/C35H35BN2Si/c1-28(34(31-18-10-4-11-19-31)32-20-12-5-13-21-32)22-25-39-27-38-24-23-37-35(38)36-33(30-16-8-3-9-17-30)26-29-14-6-2-7-15-29/h2-26,28,34,36H,27,39H2,1H3. The maximum absolute atomic E-state index is 4.76. The highest BCUT2D eigenvalue weighted by molar-refractivity contribution is 6.73. The van der Waals surface area contributed by atoms with E-state index in [-0.39, 0.29) is 0 Å². The van der Waals surface area contributed by atoms with Crippen molar-refractivity contribution in [2.45, 2.75) is 19.0 Å². The first-order valence-electron chi connectivity index (χ1n) is 13.9. The van der Waals surface area contributed by atoms with Crippen LogP contribution in [0.1, 0.15) is 35.1 Å². The van der Waals surface area contributed by atoms with Crippen LogP contribution in [0, 0.1) is 5.92 Å². The Balaban J connectivity index is 1.28. The fraction of sp³-hybridized carbons (Fsp3) is 0.114. The number of allylic oxidation sites excluding steroid dienone is 1. The van der Waals surface area contributed by atoms with Gasteiger partial charge in [-0.05, 0) is 28.2 Å². The summed E-state index contributed by atoms with van der Waals surface area (Å²) in [5, 5.41) is 0. The van der Waals surface area contributed by atoms with E-state index in [1.54, 1.807) is 0 Å². The second kappa shape index (κ2) is 13.6. The Morgan fingerprint density at radius 1 is 0.795 bits per heavy atom. The predicted molar refractivity (Wildman–Crippen MR) is 171 cm³/mol. The Hall–Kier alpha value is -4.15. The molecule has 192 valence electrons. The average molecular weight is 523 g/mol. The molecule has 0 aliphatic carbocycles. The molecule has 0 bridgehead atoms. The van der Waals surface area contributed by atoms with Gasteiger partial charge in [-0.25, -0.2) is 0 Å². The first kappa shape index (κ1) is 26.5. The molecule has 0 radical (unpaired) electrons. The first-order chi connectivity index (χ1) is 19.3. The van der Waals surface area contributed by atoms with Crippen LogP contribution >= 0.6 is 0 Å². The van der Waals surface area contributed by atoms with Gasteiger partial charge in [0.1, 0.15) is 0 Å². The summed E-state index contributed by atoms with van der Waals surface area (Å²) in [6.45, 7) is 2.35. The summed E-state index contributed by atoms with van der Waals surface area (Å²) in [7, 11) is 0.366. The molecule has 0 amide bonds. The molecule has 1 unspecified atom stereocenters. The Kier molecular flexibility index (Phi) is 9.22. The van der Waals surface area contributed by atoms with Gasteiger partial charge in [-0.15, -0.1) is 5.70 Å². The molecule has 5 rings (SSSR count). The number of imidazole rings is 1. The van der Waals surface area contributed by atoms with Crippen LogP contribution in [0.5, 0.6) is 0 Å². The largest absolute Gasteiger partial charge is 0.346 e. The predicted octanol–water partition coefficient (Wildman–Crippen LogP) is 6.25. The first-order valence-corrected chi connectivity index (χ1v) is 15.7. The molecule has 0 N–H and O–H groups in total. The molecule has 1 heterocycles. The molecule has 0 aliphatic rings. The van der Waals surface area contributed by atoms with Crippen LogP contribution in [-0.2, 0) is 6.17 Å². The Labute approximate surface area is 235 Å². The second-order valence-electron chi connectivity index (χ2n) is 10.0. The van der Waals surface area contributed by atoms with Gasteiger partial charge in [-0.2, -0.15) is 0 Å². The van der Waals surface area contributed by atoms with E-state index >= 15 is 0 Å². The van der Waals surface area contributed by atoms with Crippen molar-refractivity contribution in [3.63, 3.8) is 0 Å². The lowest BCUT2D eigenvalue weighted by Crippen LogP contribution is -2.29. The monoisotopic (exact) mass is 522 g/mol. The molecule has 4 aromatic carbocycles. The van der Waals surface area contributed by atoms with Gasteiger partial charge in [0, 0.05) is 24.5 Å². The van der Waals surface area contributed by atoms with Crippen LogP contribution in [0.25, 0.3) is 11.5 Å². The SMILES string of the molecule is CC(C=C[SiH2]Cn1ccnc1BC(=Cc1ccccc1)c1ccccc1)C(c1ccccc1)c1ccccc1. The van der Waals surface area contributed by atoms with Gasteiger partial charge in [0.15, 0.2) is 0 Å². The number of nitrogens with zero attached hydrogens (tertiary/aromatic N) is 2. The zero-order chi connectivity index (χ0) is 26.7. The Morgan fingerprint density at radius 2 is 1.36 bits per heavy atom. The summed E-state index contributed by atoms with van der Waals surface area (Å²) in [6, 6.07) is 43.0. The smallest absolute Gasteiger partial charge is 0.239 e. The summed E-state index contributed by atoms with van der Waals surface area (Å²) >= 11 is 0. The normalized spacial score (nSPS) is 12.9. The number of aromatic nitrogens is 2. The molecule has 1 atom stereocenters. The molecule has 0 aliphatic heterocycles. The van der Waals surface area contributed by atoms with E-state index < -0.39 is 9.52 Å². The van der Waals surface area contributed by atoms with Crippen molar-refractivity contribution in [3.8, 4) is 0 Å². The van der Waals surface area contributed by atoms with Gasteiger partial charge in [-0.1, -0.05) is 146 Å². The fourth-order valence-electron chi connectivity index (χ4n) is 5.28. The van der Waals surface area contributed by atoms with Crippen LogP contribution in [0.2, 0.25) is 0 Å². The lowest BCUT2D eigenvalue weighted by atomic mass is 9.65. The minimum absolute atomic E-state index is 0.359. The molecule has 39 heavy (non-hydrogen) atoms.